The second kappa shape index (κ2) is 5.57. The number of rotatable bonds is 4. The number of thioether (sulfide) groups is 1. The number of benzene rings is 1. The largest absolute Gasteiger partial charge is 0.316 e. The van der Waals surface area contributed by atoms with Crippen molar-refractivity contribution >= 4 is 11.8 Å². The van der Waals surface area contributed by atoms with Gasteiger partial charge >= 0.3 is 0 Å². The van der Waals surface area contributed by atoms with Crippen LogP contribution in [0.3, 0.4) is 0 Å². The minimum atomic E-state index is 0.537. The maximum absolute atomic E-state index is 3.30. The van der Waals surface area contributed by atoms with Gasteiger partial charge in [0.15, 0.2) is 0 Å². The average Bonchev–Trinajstić information content (AvgIpc) is 2.22. The molecule has 0 spiro atoms. The first-order chi connectivity index (χ1) is 7.04. The van der Waals surface area contributed by atoms with Crippen LogP contribution in [0.25, 0.3) is 0 Å². The highest BCUT2D eigenvalue weighted by molar-refractivity contribution is 8.00. The lowest BCUT2D eigenvalue weighted by atomic mass is 10.2. The van der Waals surface area contributed by atoms with Gasteiger partial charge in [0.05, 0.1) is 0 Å². The zero-order valence-corrected chi connectivity index (χ0v) is 11.1. The molecule has 0 saturated carbocycles. The Labute approximate surface area is 97.7 Å². The smallest absolute Gasteiger partial charge is 0.0217 e. The molecule has 1 rings (SSSR count). The normalized spacial score (nSPS) is 15.0. The minimum Gasteiger partial charge on any atom is -0.316 e. The van der Waals surface area contributed by atoms with Crippen LogP contribution in [0.15, 0.2) is 23.1 Å². The van der Waals surface area contributed by atoms with E-state index in [1.165, 1.54) is 16.0 Å². The van der Waals surface area contributed by atoms with Crippen LogP contribution in [-0.4, -0.2) is 18.3 Å². The molecule has 1 aromatic rings. The van der Waals surface area contributed by atoms with E-state index in [0.717, 1.165) is 0 Å². The van der Waals surface area contributed by atoms with Crippen molar-refractivity contribution in [1.82, 2.24) is 5.32 Å². The molecular weight excluding hydrogens is 202 g/mol. The molecule has 0 aromatic heterocycles. The average molecular weight is 223 g/mol. The van der Waals surface area contributed by atoms with Crippen molar-refractivity contribution in [2.45, 2.75) is 43.9 Å². The van der Waals surface area contributed by atoms with Crippen molar-refractivity contribution in [1.29, 1.82) is 0 Å². The molecule has 0 fully saturated rings. The van der Waals surface area contributed by atoms with Gasteiger partial charge in [-0.2, -0.15) is 0 Å². The second-order valence-corrected chi connectivity index (χ2v) is 5.59. The monoisotopic (exact) mass is 223 g/mol. The van der Waals surface area contributed by atoms with Crippen molar-refractivity contribution in [2.24, 2.45) is 0 Å². The van der Waals surface area contributed by atoms with Crippen molar-refractivity contribution in [2.75, 3.05) is 7.05 Å². The van der Waals surface area contributed by atoms with Crippen molar-refractivity contribution < 1.29 is 0 Å². The SMILES string of the molecule is CNC(C)C(C)Sc1cc(C)ccc1C. The van der Waals surface area contributed by atoms with Crippen LogP contribution in [0.1, 0.15) is 25.0 Å². The Balaban J connectivity index is 2.75. The van der Waals surface area contributed by atoms with Gasteiger partial charge in [0.25, 0.3) is 0 Å². The Morgan fingerprint density at radius 1 is 1.20 bits per heavy atom. The van der Waals surface area contributed by atoms with Crippen LogP contribution in [-0.2, 0) is 0 Å². The van der Waals surface area contributed by atoms with Gasteiger partial charge in [-0.25, -0.2) is 0 Å². The Kier molecular flexibility index (Phi) is 4.68. The van der Waals surface area contributed by atoms with E-state index in [0.29, 0.717) is 11.3 Å². The lowest BCUT2D eigenvalue weighted by Crippen LogP contribution is -2.30. The quantitative estimate of drug-likeness (QED) is 0.785. The Hall–Kier alpha value is -0.470. The number of hydrogen-bond acceptors (Lipinski definition) is 2. The molecule has 0 heterocycles. The highest BCUT2D eigenvalue weighted by Gasteiger charge is 2.12. The van der Waals surface area contributed by atoms with Gasteiger partial charge in [0.1, 0.15) is 0 Å². The van der Waals surface area contributed by atoms with E-state index >= 15 is 0 Å². The predicted octanol–water partition coefficient (Wildman–Crippen LogP) is 3.39. The van der Waals surface area contributed by atoms with Gasteiger partial charge < -0.3 is 5.32 Å². The summed E-state index contributed by atoms with van der Waals surface area (Å²) in [5.74, 6) is 0. The standard InChI is InChI=1S/C13H21NS/c1-9-6-7-10(2)13(8-9)15-12(4)11(3)14-5/h6-8,11-12,14H,1-5H3. The number of hydrogen-bond donors (Lipinski definition) is 1. The molecule has 0 aliphatic heterocycles. The molecule has 1 aromatic carbocycles. The molecule has 0 saturated heterocycles. The molecule has 84 valence electrons. The molecule has 0 aliphatic carbocycles. The maximum atomic E-state index is 3.30. The zero-order valence-electron chi connectivity index (χ0n) is 10.3. The van der Waals surface area contributed by atoms with Crippen LogP contribution in [0.5, 0.6) is 0 Å². The van der Waals surface area contributed by atoms with Gasteiger partial charge in [0, 0.05) is 16.2 Å². The summed E-state index contributed by atoms with van der Waals surface area (Å²) < 4.78 is 0. The van der Waals surface area contributed by atoms with Crippen molar-refractivity contribution in [3.05, 3.63) is 29.3 Å². The minimum absolute atomic E-state index is 0.537. The summed E-state index contributed by atoms with van der Waals surface area (Å²) in [4.78, 5) is 1.41. The van der Waals surface area contributed by atoms with Gasteiger partial charge in [-0.15, -0.1) is 11.8 Å². The summed E-state index contributed by atoms with van der Waals surface area (Å²) in [5, 5.41) is 3.89. The summed E-state index contributed by atoms with van der Waals surface area (Å²) >= 11 is 1.95. The first-order valence-corrected chi connectivity index (χ1v) is 6.33. The fourth-order valence-electron chi connectivity index (χ4n) is 1.37. The Morgan fingerprint density at radius 2 is 1.87 bits per heavy atom. The van der Waals surface area contributed by atoms with Crippen LogP contribution in [0.4, 0.5) is 0 Å². The lowest BCUT2D eigenvalue weighted by Gasteiger charge is -2.19. The summed E-state index contributed by atoms with van der Waals surface area (Å²) in [6.07, 6.45) is 0. The first-order valence-electron chi connectivity index (χ1n) is 5.45. The molecule has 2 atom stereocenters. The molecule has 2 unspecified atom stereocenters. The van der Waals surface area contributed by atoms with E-state index < -0.39 is 0 Å². The topological polar surface area (TPSA) is 12.0 Å². The number of aryl methyl sites for hydroxylation is 2. The van der Waals surface area contributed by atoms with E-state index in [2.05, 4.69) is 51.2 Å². The summed E-state index contributed by atoms with van der Waals surface area (Å²) in [5.41, 5.74) is 2.72. The second-order valence-electron chi connectivity index (χ2n) is 4.17. The van der Waals surface area contributed by atoms with E-state index in [9.17, 15) is 0 Å². The maximum Gasteiger partial charge on any atom is 0.0217 e. The van der Waals surface area contributed by atoms with Gasteiger partial charge in [-0.05, 0) is 39.4 Å². The molecular formula is C13H21NS. The van der Waals surface area contributed by atoms with Crippen LogP contribution in [0.2, 0.25) is 0 Å². The molecule has 0 bridgehead atoms. The molecule has 0 radical (unpaired) electrons. The molecule has 0 aliphatic rings. The molecule has 1 nitrogen and oxygen atoms in total. The first kappa shape index (κ1) is 12.6. The summed E-state index contributed by atoms with van der Waals surface area (Å²) in [6.45, 7) is 8.82. The highest BCUT2D eigenvalue weighted by Crippen LogP contribution is 2.28. The molecule has 0 amide bonds. The van der Waals surface area contributed by atoms with Gasteiger partial charge in [0.2, 0.25) is 0 Å². The lowest BCUT2D eigenvalue weighted by molar-refractivity contribution is 0.605. The van der Waals surface area contributed by atoms with E-state index in [4.69, 9.17) is 0 Å². The molecule has 1 N–H and O–H groups in total. The highest BCUT2D eigenvalue weighted by atomic mass is 32.2. The van der Waals surface area contributed by atoms with Crippen LogP contribution in [0, 0.1) is 13.8 Å². The summed E-state index contributed by atoms with van der Waals surface area (Å²) in [7, 11) is 2.02. The third-order valence-electron chi connectivity index (χ3n) is 2.82. The van der Waals surface area contributed by atoms with E-state index in [1.807, 2.05) is 18.8 Å². The van der Waals surface area contributed by atoms with Crippen molar-refractivity contribution in [3.8, 4) is 0 Å². The Bertz CT molecular complexity index is 322. The van der Waals surface area contributed by atoms with Gasteiger partial charge in [-0.3, -0.25) is 0 Å². The summed E-state index contributed by atoms with van der Waals surface area (Å²) in [6, 6.07) is 7.19. The van der Waals surface area contributed by atoms with Crippen LogP contribution < -0.4 is 5.32 Å². The number of nitrogens with one attached hydrogen (secondary N) is 1. The third kappa shape index (κ3) is 3.54. The zero-order chi connectivity index (χ0) is 11.4. The van der Waals surface area contributed by atoms with Crippen molar-refractivity contribution in [3.63, 3.8) is 0 Å². The van der Waals surface area contributed by atoms with Crippen LogP contribution >= 0.6 is 11.8 Å². The predicted molar refractivity (Wildman–Crippen MR) is 69.8 cm³/mol. The third-order valence-corrected chi connectivity index (χ3v) is 4.29. The fraction of sp³-hybridized carbons (Fsp3) is 0.538. The molecule has 2 heteroatoms. The van der Waals surface area contributed by atoms with E-state index in [1.54, 1.807) is 0 Å². The van der Waals surface area contributed by atoms with Gasteiger partial charge in [-0.1, -0.05) is 24.6 Å². The fourth-order valence-corrected chi connectivity index (χ4v) is 2.62. The Morgan fingerprint density at radius 3 is 2.47 bits per heavy atom. The molecule has 15 heavy (non-hydrogen) atoms. The van der Waals surface area contributed by atoms with E-state index in [-0.39, 0.29) is 0 Å².